The smallest absolute Gasteiger partial charge is 0.180 e. The van der Waals surface area contributed by atoms with Crippen LogP contribution in [-0.2, 0) is 6.54 Å². The molecule has 1 saturated heterocycles. The molecule has 0 aliphatic carbocycles. The van der Waals surface area contributed by atoms with Gasteiger partial charge in [0, 0.05) is 30.2 Å². The van der Waals surface area contributed by atoms with Gasteiger partial charge in [-0.25, -0.2) is 4.98 Å². The number of nitrogens with zero attached hydrogens (tertiary/aromatic N) is 2. The van der Waals surface area contributed by atoms with E-state index >= 15 is 0 Å². The molecule has 1 aliphatic rings. The van der Waals surface area contributed by atoms with Gasteiger partial charge in [0.2, 0.25) is 0 Å². The Balaban J connectivity index is 2.02. The van der Waals surface area contributed by atoms with Gasteiger partial charge in [0.1, 0.15) is 0 Å². The molecule has 0 aromatic carbocycles. The predicted octanol–water partition coefficient (Wildman–Crippen LogP) is 1.28. The highest BCUT2D eigenvalue weighted by Crippen LogP contribution is 2.26. The van der Waals surface area contributed by atoms with E-state index in [1.54, 1.807) is 11.3 Å². The summed E-state index contributed by atoms with van der Waals surface area (Å²) >= 11 is 1.58. The van der Waals surface area contributed by atoms with Crippen molar-refractivity contribution in [3.8, 4) is 0 Å². The first-order valence-corrected chi connectivity index (χ1v) is 6.66. The maximum atomic E-state index is 5.86. The Morgan fingerprint density at radius 3 is 3.06 bits per heavy atom. The lowest BCUT2D eigenvalue weighted by atomic mass is 9.91. The zero-order valence-corrected chi connectivity index (χ0v) is 10.5. The minimum Gasteiger partial charge on any atom is -0.375 e. The quantitative estimate of drug-likeness (QED) is 0.835. The maximum absolute atomic E-state index is 5.86. The van der Waals surface area contributed by atoms with Gasteiger partial charge in [0.25, 0.3) is 0 Å². The molecule has 0 radical (unpaired) electrons. The van der Waals surface area contributed by atoms with Crippen LogP contribution >= 0.6 is 11.3 Å². The molecule has 5 heteroatoms. The summed E-state index contributed by atoms with van der Waals surface area (Å²) < 4.78 is 0. The van der Waals surface area contributed by atoms with Gasteiger partial charge in [-0.15, -0.1) is 11.3 Å². The van der Waals surface area contributed by atoms with Crippen LogP contribution in [0.2, 0.25) is 0 Å². The zero-order chi connectivity index (χ0) is 11.5. The van der Waals surface area contributed by atoms with Crippen molar-refractivity contribution in [1.29, 1.82) is 0 Å². The summed E-state index contributed by atoms with van der Waals surface area (Å²) in [6, 6.07) is 0.511. The van der Waals surface area contributed by atoms with Gasteiger partial charge >= 0.3 is 0 Å². The second-order valence-corrected chi connectivity index (χ2v) is 5.70. The topological polar surface area (TPSA) is 68.2 Å². The van der Waals surface area contributed by atoms with Crippen LogP contribution in [0.3, 0.4) is 0 Å². The van der Waals surface area contributed by atoms with E-state index in [0.717, 1.165) is 19.6 Å². The molecule has 16 heavy (non-hydrogen) atoms. The van der Waals surface area contributed by atoms with Crippen LogP contribution in [0, 0.1) is 5.92 Å². The van der Waals surface area contributed by atoms with E-state index in [1.807, 2.05) is 6.20 Å². The minimum absolute atomic E-state index is 0.511. The number of likely N-dealkylation sites (tertiary alicyclic amines) is 1. The molecule has 2 heterocycles. The number of piperidine rings is 1. The second-order valence-electron chi connectivity index (χ2n) is 4.56. The van der Waals surface area contributed by atoms with E-state index in [-0.39, 0.29) is 0 Å². The number of hydrogen-bond donors (Lipinski definition) is 2. The van der Waals surface area contributed by atoms with Crippen LogP contribution in [0.1, 0.15) is 24.6 Å². The molecule has 2 unspecified atom stereocenters. The number of hydrogen-bond acceptors (Lipinski definition) is 5. The minimum atomic E-state index is 0.511. The number of aromatic nitrogens is 1. The summed E-state index contributed by atoms with van der Waals surface area (Å²) in [5, 5.41) is 0.657. The Morgan fingerprint density at radius 1 is 1.62 bits per heavy atom. The Kier molecular flexibility index (Phi) is 3.78. The SMILES string of the molecule is CC1CCCN(Cc2cnc(N)s2)C1CN. The summed E-state index contributed by atoms with van der Waals surface area (Å²) in [6.07, 6.45) is 4.45. The van der Waals surface area contributed by atoms with Gasteiger partial charge < -0.3 is 11.5 Å². The third-order valence-corrected chi connectivity index (χ3v) is 4.21. The van der Waals surface area contributed by atoms with Crippen LogP contribution in [0.4, 0.5) is 5.13 Å². The number of nitrogen functional groups attached to an aromatic ring is 1. The summed E-state index contributed by atoms with van der Waals surface area (Å²) in [6.45, 7) is 5.13. The van der Waals surface area contributed by atoms with Crippen molar-refractivity contribution < 1.29 is 0 Å². The first-order valence-electron chi connectivity index (χ1n) is 5.85. The van der Waals surface area contributed by atoms with Gasteiger partial charge in [-0.1, -0.05) is 6.92 Å². The molecule has 4 N–H and O–H groups in total. The van der Waals surface area contributed by atoms with E-state index < -0.39 is 0 Å². The molecule has 1 aromatic heterocycles. The van der Waals surface area contributed by atoms with E-state index in [0.29, 0.717) is 17.1 Å². The fourth-order valence-corrected chi connectivity index (χ4v) is 3.22. The standard InChI is InChI=1S/C11H20N4S/c1-8-3-2-4-15(10(8)5-12)7-9-6-14-11(13)16-9/h6,8,10H,2-5,7,12H2,1H3,(H2,13,14). The van der Waals surface area contributed by atoms with Crippen molar-refractivity contribution in [1.82, 2.24) is 9.88 Å². The summed E-state index contributed by atoms with van der Waals surface area (Å²) in [5.74, 6) is 0.698. The third-order valence-electron chi connectivity index (χ3n) is 3.40. The first kappa shape index (κ1) is 11.8. The monoisotopic (exact) mass is 240 g/mol. The molecule has 1 aliphatic heterocycles. The van der Waals surface area contributed by atoms with Gasteiger partial charge in [0.15, 0.2) is 5.13 Å². The fraction of sp³-hybridized carbons (Fsp3) is 0.727. The second kappa shape index (κ2) is 5.12. The van der Waals surface area contributed by atoms with Gasteiger partial charge in [-0.3, -0.25) is 4.90 Å². The lowest BCUT2D eigenvalue weighted by Crippen LogP contribution is -2.47. The molecular formula is C11H20N4S. The molecule has 0 amide bonds. The lowest BCUT2D eigenvalue weighted by Gasteiger charge is -2.39. The highest BCUT2D eigenvalue weighted by molar-refractivity contribution is 7.15. The van der Waals surface area contributed by atoms with Crippen LogP contribution in [0.5, 0.6) is 0 Å². The molecule has 0 spiro atoms. The Bertz CT molecular complexity index is 338. The normalized spacial score (nSPS) is 27.1. The van der Waals surface area contributed by atoms with E-state index in [4.69, 9.17) is 11.5 Å². The number of rotatable bonds is 3. The molecule has 4 nitrogen and oxygen atoms in total. The van der Waals surface area contributed by atoms with Crippen molar-refractivity contribution in [3.63, 3.8) is 0 Å². The summed E-state index contributed by atoms with van der Waals surface area (Å²) in [5.41, 5.74) is 11.5. The van der Waals surface area contributed by atoms with Gasteiger partial charge in [-0.05, 0) is 25.3 Å². The van der Waals surface area contributed by atoms with Gasteiger partial charge in [0.05, 0.1) is 0 Å². The van der Waals surface area contributed by atoms with E-state index in [1.165, 1.54) is 17.7 Å². The van der Waals surface area contributed by atoms with Crippen molar-refractivity contribution >= 4 is 16.5 Å². The Morgan fingerprint density at radius 2 is 2.44 bits per heavy atom. The highest BCUT2D eigenvalue weighted by atomic mass is 32.1. The molecule has 2 rings (SSSR count). The van der Waals surface area contributed by atoms with E-state index in [2.05, 4.69) is 16.8 Å². The first-order chi connectivity index (χ1) is 7.70. The zero-order valence-electron chi connectivity index (χ0n) is 9.72. The van der Waals surface area contributed by atoms with E-state index in [9.17, 15) is 0 Å². The van der Waals surface area contributed by atoms with Crippen LogP contribution in [0.25, 0.3) is 0 Å². The average molecular weight is 240 g/mol. The van der Waals surface area contributed by atoms with Gasteiger partial charge in [-0.2, -0.15) is 0 Å². The van der Waals surface area contributed by atoms with Crippen molar-refractivity contribution in [2.45, 2.75) is 32.4 Å². The fourth-order valence-electron chi connectivity index (χ4n) is 2.51. The summed E-state index contributed by atoms with van der Waals surface area (Å²) in [7, 11) is 0. The molecule has 2 atom stereocenters. The van der Waals surface area contributed by atoms with Crippen molar-refractivity contribution in [2.75, 3.05) is 18.8 Å². The van der Waals surface area contributed by atoms with Crippen LogP contribution in [-0.4, -0.2) is 29.0 Å². The Labute approximate surface area is 101 Å². The van der Waals surface area contributed by atoms with Crippen LogP contribution < -0.4 is 11.5 Å². The van der Waals surface area contributed by atoms with Crippen LogP contribution in [0.15, 0.2) is 6.20 Å². The third kappa shape index (κ3) is 2.53. The molecular weight excluding hydrogens is 220 g/mol. The molecule has 0 saturated carbocycles. The van der Waals surface area contributed by atoms with Crippen molar-refractivity contribution in [3.05, 3.63) is 11.1 Å². The molecule has 0 bridgehead atoms. The lowest BCUT2D eigenvalue weighted by molar-refractivity contribution is 0.100. The largest absolute Gasteiger partial charge is 0.375 e. The average Bonchev–Trinajstić information content (AvgIpc) is 2.64. The van der Waals surface area contributed by atoms with Crippen molar-refractivity contribution in [2.24, 2.45) is 11.7 Å². The number of anilines is 1. The number of thiazole rings is 1. The maximum Gasteiger partial charge on any atom is 0.180 e. The molecule has 1 fully saturated rings. The molecule has 90 valence electrons. The summed E-state index contributed by atoms with van der Waals surface area (Å²) in [4.78, 5) is 7.80. The predicted molar refractivity (Wildman–Crippen MR) is 68.2 cm³/mol. The number of nitrogens with two attached hydrogens (primary N) is 2. The highest BCUT2D eigenvalue weighted by Gasteiger charge is 2.27. The Hall–Kier alpha value is -0.650. The molecule has 1 aromatic rings.